The molecule has 3 atom stereocenters. The van der Waals surface area contributed by atoms with E-state index < -0.39 is 0 Å². The number of hydrogen-bond acceptors (Lipinski definition) is 2. The second-order valence-corrected chi connectivity index (χ2v) is 5.87. The number of ether oxygens (including phenoxy) is 1. The first kappa shape index (κ1) is 18.2. The van der Waals surface area contributed by atoms with Crippen molar-refractivity contribution >= 4 is 0 Å². The molecule has 2 nitrogen and oxygen atoms in total. The van der Waals surface area contributed by atoms with Gasteiger partial charge in [-0.1, -0.05) is 70.4 Å². The second-order valence-electron chi connectivity index (χ2n) is 5.87. The summed E-state index contributed by atoms with van der Waals surface area (Å²) in [5.41, 5.74) is 1.31. The van der Waals surface area contributed by atoms with E-state index in [4.69, 9.17) is 4.74 Å². The Labute approximate surface area is 131 Å². The Kier molecular flexibility index (Phi) is 9.36. The van der Waals surface area contributed by atoms with Gasteiger partial charge in [-0.05, 0) is 31.4 Å². The van der Waals surface area contributed by atoms with Gasteiger partial charge >= 0.3 is 0 Å². The summed E-state index contributed by atoms with van der Waals surface area (Å²) in [6.07, 6.45) is 6.37. The normalized spacial score (nSPS) is 15.6. The minimum atomic E-state index is 0.244. The van der Waals surface area contributed by atoms with Gasteiger partial charge in [0.05, 0.1) is 12.1 Å². The van der Waals surface area contributed by atoms with Gasteiger partial charge in [-0.15, -0.1) is 0 Å². The molecule has 1 N–H and O–H groups in total. The van der Waals surface area contributed by atoms with Gasteiger partial charge in [-0.25, -0.2) is 0 Å². The van der Waals surface area contributed by atoms with Crippen LogP contribution < -0.4 is 5.32 Å². The fourth-order valence-electron chi connectivity index (χ4n) is 2.84. The minimum absolute atomic E-state index is 0.244. The number of rotatable bonds is 11. The largest absolute Gasteiger partial charge is 0.376 e. The van der Waals surface area contributed by atoms with Gasteiger partial charge in [0.25, 0.3) is 0 Å². The van der Waals surface area contributed by atoms with Crippen LogP contribution in [0, 0.1) is 5.92 Å². The van der Waals surface area contributed by atoms with Gasteiger partial charge in [0, 0.05) is 6.61 Å². The molecule has 1 rings (SSSR count). The lowest BCUT2D eigenvalue weighted by Gasteiger charge is -2.28. The van der Waals surface area contributed by atoms with Crippen LogP contribution in [0.25, 0.3) is 0 Å². The van der Waals surface area contributed by atoms with Gasteiger partial charge in [0.1, 0.15) is 0 Å². The molecule has 0 spiro atoms. The Hall–Kier alpha value is -0.860. The summed E-state index contributed by atoms with van der Waals surface area (Å²) in [5, 5.41) is 3.43. The first-order chi connectivity index (χ1) is 10.3. The van der Waals surface area contributed by atoms with E-state index in [1.54, 1.807) is 0 Å². The van der Waals surface area contributed by atoms with Gasteiger partial charge in [-0.2, -0.15) is 0 Å². The maximum Gasteiger partial charge on any atom is 0.0767 e. The van der Waals surface area contributed by atoms with E-state index in [1.165, 1.54) is 31.2 Å². The third-order valence-corrected chi connectivity index (χ3v) is 4.33. The molecule has 0 aliphatic carbocycles. The van der Waals surface area contributed by atoms with Crippen LogP contribution in [0.1, 0.15) is 64.5 Å². The van der Waals surface area contributed by atoms with Gasteiger partial charge in [0.15, 0.2) is 0 Å². The van der Waals surface area contributed by atoms with E-state index in [2.05, 4.69) is 56.4 Å². The van der Waals surface area contributed by atoms with Crippen molar-refractivity contribution in [2.45, 2.75) is 65.0 Å². The smallest absolute Gasteiger partial charge is 0.0767 e. The molecule has 3 unspecified atom stereocenters. The maximum absolute atomic E-state index is 6.29. The van der Waals surface area contributed by atoms with Crippen molar-refractivity contribution in [2.75, 3.05) is 13.7 Å². The Morgan fingerprint density at radius 2 is 1.76 bits per heavy atom. The van der Waals surface area contributed by atoms with Crippen LogP contribution in [0.3, 0.4) is 0 Å². The molecule has 120 valence electrons. The van der Waals surface area contributed by atoms with Crippen LogP contribution in [0.2, 0.25) is 0 Å². The highest BCUT2D eigenvalue weighted by molar-refractivity contribution is 5.20. The summed E-state index contributed by atoms with van der Waals surface area (Å²) >= 11 is 0. The summed E-state index contributed by atoms with van der Waals surface area (Å²) in [7, 11) is 2.03. The second kappa shape index (κ2) is 10.8. The van der Waals surface area contributed by atoms with E-state index in [-0.39, 0.29) is 12.1 Å². The third kappa shape index (κ3) is 6.19. The molecule has 2 heteroatoms. The first-order valence-electron chi connectivity index (χ1n) is 8.60. The average Bonchev–Trinajstić information content (AvgIpc) is 2.54. The average molecular weight is 291 g/mol. The Balaban J connectivity index is 2.59. The highest BCUT2D eigenvalue weighted by atomic mass is 16.5. The summed E-state index contributed by atoms with van der Waals surface area (Å²) in [6, 6.07) is 10.9. The summed E-state index contributed by atoms with van der Waals surface area (Å²) in [5.74, 6) is 0.701. The molecular weight excluding hydrogens is 258 g/mol. The molecule has 0 amide bonds. The lowest BCUT2D eigenvalue weighted by Crippen LogP contribution is -2.32. The van der Waals surface area contributed by atoms with Crippen molar-refractivity contribution in [3.63, 3.8) is 0 Å². The van der Waals surface area contributed by atoms with Crippen LogP contribution in [0.4, 0.5) is 0 Å². The van der Waals surface area contributed by atoms with Crippen molar-refractivity contribution in [3.8, 4) is 0 Å². The zero-order valence-electron chi connectivity index (χ0n) is 14.3. The van der Waals surface area contributed by atoms with Crippen molar-refractivity contribution in [3.05, 3.63) is 35.9 Å². The quantitative estimate of drug-likeness (QED) is 0.622. The first-order valence-corrected chi connectivity index (χ1v) is 8.60. The van der Waals surface area contributed by atoms with Gasteiger partial charge < -0.3 is 10.1 Å². The van der Waals surface area contributed by atoms with Crippen LogP contribution >= 0.6 is 0 Å². The minimum Gasteiger partial charge on any atom is -0.376 e. The van der Waals surface area contributed by atoms with Crippen molar-refractivity contribution in [1.82, 2.24) is 5.32 Å². The zero-order valence-corrected chi connectivity index (χ0v) is 14.3. The number of hydrogen-bond donors (Lipinski definition) is 1. The molecule has 0 saturated carbocycles. The van der Waals surface area contributed by atoms with Crippen molar-refractivity contribution in [2.24, 2.45) is 5.92 Å². The van der Waals surface area contributed by atoms with Crippen LogP contribution in [0.15, 0.2) is 30.3 Å². The summed E-state index contributed by atoms with van der Waals surface area (Å²) in [4.78, 5) is 0. The van der Waals surface area contributed by atoms with Crippen molar-refractivity contribution < 1.29 is 4.74 Å². The SMILES string of the molecule is CCCCC(CC)COC(CC)C(NC)c1ccccc1. The van der Waals surface area contributed by atoms with E-state index in [1.807, 2.05) is 7.05 Å². The van der Waals surface area contributed by atoms with Gasteiger partial charge in [-0.3, -0.25) is 0 Å². The summed E-state index contributed by atoms with van der Waals surface area (Å²) < 4.78 is 6.29. The standard InChI is InChI=1S/C19H33NO/c1-5-8-12-16(6-2)15-21-18(7-3)19(20-4)17-13-10-9-11-14-17/h9-11,13-14,16,18-20H,5-8,12,15H2,1-4H3. The molecule has 0 bridgehead atoms. The third-order valence-electron chi connectivity index (χ3n) is 4.33. The van der Waals surface area contributed by atoms with E-state index >= 15 is 0 Å². The Morgan fingerprint density at radius 1 is 1.05 bits per heavy atom. The molecule has 21 heavy (non-hydrogen) atoms. The number of unbranched alkanes of at least 4 members (excludes halogenated alkanes) is 1. The molecule has 0 aliphatic heterocycles. The van der Waals surface area contributed by atoms with Gasteiger partial charge in [0.2, 0.25) is 0 Å². The van der Waals surface area contributed by atoms with E-state index in [0.29, 0.717) is 5.92 Å². The summed E-state index contributed by atoms with van der Waals surface area (Å²) in [6.45, 7) is 7.64. The molecule has 1 aromatic rings. The molecule has 0 fully saturated rings. The molecule has 0 aromatic heterocycles. The Bertz CT molecular complexity index is 352. The molecule has 1 aromatic carbocycles. The number of likely N-dealkylation sites (N-methyl/N-ethyl adjacent to an activating group) is 1. The zero-order chi connectivity index (χ0) is 15.5. The van der Waals surface area contributed by atoms with E-state index in [0.717, 1.165) is 13.0 Å². The van der Waals surface area contributed by atoms with Crippen molar-refractivity contribution in [1.29, 1.82) is 0 Å². The number of benzene rings is 1. The predicted molar refractivity (Wildman–Crippen MR) is 91.6 cm³/mol. The maximum atomic E-state index is 6.29. The van der Waals surface area contributed by atoms with E-state index in [9.17, 15) is 0 Å². The van der Waals surface area contributed by atoms with Crippen LogP contribution in [-0.2, 0) is 4.74 Å². The molecule has 0 aliphatic rings. The Morgan fingerprint density at radius 3 is 2.29 bits per heavy atom. The molecule has 0 saturated heterocycles. The highest BCUT2D eigenvalue weighted by Gasteiger charge is 2.21. The van der Waals surface area contributed by atoms with Crippen LogP contribution in [-0.4, -0.2) is 19.8 Å². The lowest BCUT2D eigenvalue weighted by atomic mass is 9.98. The highest BCUT2D eigenvalue weighted by Crippen LogP contribution is 2.23. The molecule has 0 radical (unpaired) electrons. The molecule has 0 heterocycles. The fraction of sp³-hybridized carbons (Fsp3) is 0.684. The monoisotopic (exact) mass is 291 g/mol. The number of nitrogens with one attached hydrogen (secondary N) is 1. The molecular formula is C19H33NO. The predicted octanol–water partition coefficient (Wildman–Crippen LogP) is 4.96. The fourth-order valence-corrected chi connectivity index (χ4v) is 2.84. The lowest BCUT2D eigenvalue weighted by molar-refractivity contribution is 0.00209. The van der Waals surface area contributed by atoms with Crippen LogP contribution in [0.5, 0.6) is 0 Å². The topological polar surface area (TPSA) is 21.3 Å².